The van der Waals surface area contributed by atoms with Gasteiger partial charge in [0.1, 0.15) is 0 Å². The molecule has 2 nitrogen and oxygen atoms in total. The lowest BCUT2D eigenvalue weighted by Crippen LogP contribution is -2.38. The Morgan fingerprint density at radius 1 is 1.26 bits per heavy atom. The SMILES string of the molecule is CC(C)CC(C)(O)CNCc1ccc2c(c1)CCC2. The molecule has 1 aliphatic rings. The summed E-state index contributed by atoms with van der Waals surface area (Å²) in [5, 5.41) is 13.6. The Kier molecular flexibility index (Phi) is 4.64. The summed E-state index contributed by atoms with van der Waals surface area (Å²) in [6, 6.07) is 6.81. The fourth-order valence-corrected chi connectivity index (χ4v) is 3.16. The lowest BCUT2D eigenvalue weighted by molar-refractivity contribution is 0.0383. The second-order valence-electron chi connectivity index (χ2n) is 6.66. The van der Waals surface area contributed by atoms with Crippen molar-refractivity contribution in [1.29, 1.82) is 0 Å². The molecule has 0 radical (unpaired) electrons. The van der Waals surface area contributed by atoms with E-state index in [1.807, 2.05) is 6.92 Å². The highest BCUT2D eigenvalue weighted by Crippen LogP contribution is 2.23. The normalized spacial score (nSPS) is 17.5. The molecule has 0 heterocycles. The minimum atomic E-state index is -0.606. The van der Waals surface area contributed by atoms with E-state index >= 15 is 0 Å². The average Bonchev–Trinajstić information content (AvgIpc) is 2.74. The molecule has 2 rings (SSSR count). The van der Waals surface area contributed by atoms with Gasteiger partial charge in [-0.25, -0.2) is 0 Å². The zero-order valence-electron chi connectivity index (χ0n) is 12.5. The fraction of sp³-hybridized carbons (Fsp3) is 0.647. The quantitative estimate of drug-likeness (QED) is 0.825. The number of fused-ring (bicyclic) bond motifs is 1. The predicted octanol–water partition coefficient (Wildman–Crippen LogP) is 3.06. The first-order valence-corrected chi connectivity index (χ1v) is 7.50. The van der Waals surface area contributed by atoms with Gasteiger partial charge in [-0.1, -0.05) is 32.0 Å². The molecule has 0 aliphatic heterocycles. The second kappa shape index (κ2) is 6.06. The third-order valence-electron chi connectivity index (χ3n) is 3.85. The lowest BCUT2D eigenvalue weighted by Gasteiger charge is -2.25. The van der Waals surface area contributed by atoms with Crippen LogP contribution in [0.1, 0.15) is 50.3 Å². The topological polar surface area (TPSA) is 32.3 Å². The summed E-state index contributed by atoms with van der Waals surface area (Å²) in [6.07, 6.45) is 4.61. The Hall–Kier alpha value is -0.860. The molecule has 19 heavy (non-hydrogen) atoms. The highest BCUT2D eigenvalue weighted by molar-refractivity contribution is 5.35. The minimum absolute atomic E-state index is 0.525. The van der Waals surface area contributed by atoms with Crippen LogP contribution in [0.3, 0.4) is 0 Å². The molecule has 0 aromatic heterocycles. The summed E-state index contributed by atoms with van der Waals surface area (Å²) in [7, 11) is 0. The largest absolute Gasteiger partial charge is 0.389 e. The van der Waals surface area contributed by atoms with E-state index in [2.05, 4.69) is 37.4 Å². The van der Waals surface area contributed by atoms with Gasteiger partial charge in [0.05, 0.1) is 5.60 Å². The van der Waals surface area contributed by atoms with Crippen molar-refractivity contribution in [3.8, 4) is 0 Å². The number of nitrogens with one attached hydrogen (secondary N) is 1. The van der Waals surface area contributed by atoms with Crippen LogP contribution in [-0.4, -0.2) is 17.3 Å². The van der Waals surface area contributed by atoms with E-state index in [9.17, 15) is 5.11 Å². The molecule has 106 valence electrons. The van der Waals surface area contributed by atoms with E-state index in [0.29, 0.717) is 12.5 Å². The highest BCUT2D eigenvalue weighted by atomic mass is 16.3. The van der Waals surface area contributed by atoms with Crippen molar-refractivity contribution in [3.05, 3.63) is 34.9 Å². The molecule has 2 N–H and O–H groups in total. The number of hydrogen-bond acceptors (Lipinski definition) is 2. The molecule has 1 unspecified atom stereocenters. The van der Waals surface area contributed by atoms with Crippen molar-refractivity contribution in [1.82, 2.24) is 5.32 Å². The summed E-state index contributed by atoms with van der Waals surface area (Å²) < 4.78 is 0. The molecule has 0 bridgehead atoms. The molecule has 1 aromatic rings. The van der Waals surface area contributed by atoms with Crippen LogP contribution in [0.5, 0.6) is 0 Å². The zero-order valence-corrected chi connectivity index (χ0v) is 12.5. The second-order valence-corrected chi connectivity index (χ2v) is 6.66. The monoisotopic (exact) mass is 261 g/mol. The van der Waals surface area contributed by atoms with Gasteiger partial charge < -0.3 is 10.4 Å². The molecule has 0 saturated carbocycles. The van der Waals surface area contributed by atoms with E-state index < -0.39 is 5.60 Å². The van der Waals surface area contributed by atoms with Crippen LogP contribution in [0, 0.1) is 5.92 Å². The Labute approximate surface area is 117 Å². The van der Waals surface area contributed by atoms with E-state index in [-0.39, 0.29) is 0 Å². The van der Waals surface area contributed by atoms with Crippen molar-refractivity contribution < 1.29 is 5.11 Å². The number of hydrogen-bond donors (Lipinski definition) is 2. The van der Waals surface area contributed by atoms with Gasteiger partial charge in [0, 0.05) is 13.1 Å². The van der Waals surface area contributed by atoms with Gasteiger partial charge >= 0.3 is 0 Å². The Morgan fingerprint density at radius 3 is 2.74 bits per heavy atom. The van der Waals surface area contributed by atoms with Crippen LogP contribution in [0.25, 0.3) is 0 Å². The van der Waals surface area contributed by atoms with Crippen molar-refractivity contribution in [2.75, 3.05) is 6.54 Å². The third-order valence-corrected chi connectivity index (χ3v) is 3.85. The Balaban J connectivity index is 1.83. The van der Waals surface area contributed by atoms with Gasteiger partial charge in [-0.05, 0) is 55.2 Å². The predicted molar refractivity (Wildman–Crippen MR) is 80.3 cm³/mol. The van der Waals surface area contributed by atoms with Gasteiger partial charge in [0.2, 0.25) is 0 Å². The van der Waals surface area contributed by atoms with E-state index in [4.69, 9.17) is 0 Å². The summed E-state index contributed by atoms with van der Waals surface area (Å²) >= 11 is 0. The summed E-state index contributed by atoms with van der Waals surface area (Å²) in [5.41, 5.74) is 3.77. The molecule has 2 heteroatoms. The van der Waals surface area contributed by atoms with Crippen LogP contribution in [-0.2, 0) is 19.4 Å². The number of aryl methyl sites for hydroxylation is 2. The van der Waals surface area contributed by atoms with Crippen molar-refractivity contribution >= 4 is 0 Å². The van der Waals surface area contributed by atoms with Gasteiger partial charge in [-0.3, -0.25) is 0 Å². The first-order valence-electron chi connectivity index (χ1n) is 7.50. The highest BCUT2D eigenvalue weighted by Gasteiger charge is 2.21. The van der Waals surface area contributed by atoms with Gasteiger partial charge in [0.15, 0.2) is 0 Å². The summed E-state index contributed by atoms with van der Waals surface area (Å²) in [6.45, 7) is 7.72. The molecule has 1 aromatic carbocycles. The maximum atomic E-state index is 10.3. The zero-order chi connectivity index (χ0) is 13.9. The fourth-order valence-electron chi connectivity index (χ4n) is 3.16. The molecule has 0 fully saturated rings. The first kappa shape index (κ1) is 14.5. The van der Waals surface area contributed by atoms with E-state index in [1.165, 1.54) is 36.0 Å². The standard InChI is InChI=1S/C17H27NO/c1-13(2)10-17(3,19)12-18-11-14-7-8-15-5-4-6-16(15)9-14/h7-9,13,18-19H,4-6,10-12H2,1-3H3. The molecule has 0 saturated heterocycles. The van der Waals surface area contributed by atoms with Gasteiger partial charge in [-0.2, -0.15) is 0 Å². The third kappa shape index (κ3) is 4.32. The molecule has 1 atom stereocenters. The van der Waals surface area contributed by atoms with E-state index in [1.54, 1.807) is 0 Å². The number of rotatable bonds is 6. The van der Waals surface area contributed by atoms with Gasteiger partial charge in [0.25, 0.3) is 0 Å². The van der Waals surface area contributed by atoms with Crippen LogP contribution < -0.4 is 5.32 Å². The molecule has 0 amide bonds. The molecular weight excluding hydrogens is 234 g/mol. The first-order chi connectivity index (χ1) is 8.96. The Morgan fingerprint density at radius 2 is 2.00 bits per heavy atom. The van der Waals surface area contributed by atoms with Crippen LogP contribution in [0.2, 0.25) is 0 Å². The molecule has 0 spiro atoms. The van der Waals surface area contributed by atoms with Crippen LogP contribution in [0.4, 0.5) is 0 Å². The average molecular weight is 261 g/mol. The Bertz CT molecular complexity index is 423. The van der Waals surface area contributed by atoms with Crippen molar-refractivity contribution in [2.45, 2.75) is 58.6 Å². The smallest absolute Gasteiger partial charge is 0.0746 e. The lowest BCUT2D eigenvalue weighted by atomic mass is 9.94. The molecule has 1 aliphatic carbocycles. The summed E-state index contributed by atoms with van der Waals surface area (Å²) in [4.78, 5) is 0. The van der Waals surface area contributed by atoms with Crippen LogP contribution >= 0.6 is 0 Å². The van der Waals surface area contributed by atoms with E-state index in [0.717, 1.165) is 13.0 Å². The van der Waals surface area contributed by atoms with Crippen molar-refractivity contribution in [3.63, 3.8) is 0 Å². The maximum absolute atomic E-state index is 10.3. The number of aliphatic hydroxyl groups is 1. The van der Waals surface area contributed by atoms with Crippen LogP contribution in [0.15, 0.2) is 18.2 Å². The molecular formula is C17H27NO. The maximum Gasteiger partial charge on any atom is 0.0746 e. The van der Waals surface area contributed by atoms with Gasteiger partial charge in [-0.15, -0.1) is 0 Å². The minimum Gasteiger partial charge on any atom is -0.389 e. The van der Waals surface area contributed by atoms with Crippen molar-refractivity contribution in [2.24, 2.45) is 5.92 Å². The number of benzene rings is 1. The summed E-state index contributed by atoms with van der Waals surface area (Å²) in [5.74, 6) is 0.525.